The van der Waals surface area contributed by atoms with Crippen molar-refractivity contribution in [2.45, 2.75) is 6.54 Å². The quantitative estimate of drug-likeness (QED) is 0.779. The number of nitrogens with one attached hydrogen (secondary N) is 1. The van der Waals surface area contributed by atoms with Crippen molar-refractivity contribution in [2.75, 3.05) is 12.1 Å². The Labute approximate surface area is 123 Å². The van der Waals surface area contributed by atoms with Crippen molar-refractivity contribution < 1.29 is 9.47 Å². The molecule has 0 aromatic heterocycles. The topological polar surface area (TPSA) is 30.5 Å². The molecule has 0 fully saturated rings. The Bertz CT molecular complexity index is 793. The lowest BCUT2D eigenvalue weighted by Crippen LogP contribution is -2.01. The van der Waals surface area contributed by atoms with Crippen LogP contribution in [0.2, 0.25) is 0 Å². The van der Waals surface area contributed by atoms with Crippen LogP contribution in [0.5, 0.6) is 11.5 Å². The van der Waals surface area contributed by atoms with Crippen LogP contribution < -0.4 is 14.8 Å². The lowest BCUT2D eigenvalue weighted by atomic mass is 10.1. The average molecular weight is 277 g/mol. The van der Waals surface area contributed by atoms with E-state index in [1.165, 1.54) is 10.8 Å². The van der Waals surface area contributed by atoms with Gasteiger partial charge in [-0.05, 0) is 17.5 Å². The first kappa shape index (κ1) is 12.1. The van der Waals surface area contributed by atoms with E-state index >= 15 is 0 Å². The van der Waals surface area contributed by atoms with Crippen molar-refractivity contribution in [3.8, 4) is 11.5 Å². The van der Waals surface area contributed by atoms with Crippen LogP contribution in [0.3, 0.4) is 0 Å². The largest absolute Gasteiger partial charge is 0.454 e. The van der Waals surface area contributed by atoms with Crippen molar-refractivity contribution >= 4 is 16.5 Å². The van der Waals surface area contributed by atoms with Gasteiger partial charge in [-0.3, -0.25) is 0 Å². The number of para-hydroxylation sites is 1. The lowest BCUT2D eigenvalue weighted by molar-refractivity contribution is 0.173. The summed E-state index contributed by atoms with van der Waals surface area (Å²) in [4.78, 5) is 0. The SMILES string of the molecule is c1cc(CNc2cccc3ccccc23)c2c(c1)OCO2. The van der Waals surface area contributed by atoms with Gasteiger partial charge in [0.25, 0.3) is 0 Å². The zero-order chi connectivity index (χ0) is 14.1. The molecule has 104 valence electrons. The number of ether oxygens (including phenoxy) is 2. The van der Waals surface area contributed by atoms with Gasteiger partial charge in [-0.1, -0.05) is 48.5 Å². The molecule has 4 rings (SSSR count). The highest BCUT2D eigenvalue weighted by molar-refractivity contribution is 5.93. The summed E-state index contributed by atoms with van der Waals surface area (Å²) < 4.78 is 11.0. The molecule has 0 spiro atoms. The molecule has 3 aromatic rings. The van der Waals surface area contributed by atoms with Crippen molar-refractivity contribution in [2.24, 2.45) is 0 Å². The van der Waals surface area contributed by atoms with E-state index < -0.39 is 0 Å². The maximum absolute atomic E-state index is 5.54. The second-order valence-corrected chi connectivity index (χ2v) is 5.03. The summed E-state index contributed by atoms with van der Waals surface area (Å²) in [5, 5.41) is 5.96. The average Bonchev–Trinajstić information content (AvgIpc) is 3.02. The smallest absolute Gasteiger partial charge is 0.231 e. The normalized spacial score (nSPS) is 12.6. The van der Waals surface area contributed by atoms with Crippen LogP contribution in [0.1, 0.15) is 5.56 Å². The second kappa shape index (κ2) is 5.02. The number of hydrogen-bond donors (Lipinski definition) is 1. The van der Waals surface area contributed by atoms with E-state index in [2.05, 4.69) is 53.8 Å². The van der Waals surface area contributed by atoms with Gasteiger partial charge in [-0.15, -0.1) is 0 Å². The maximum Gasteiger partial charge on any atom is 0.231 e. The van der Waals surface area contributed by atoms with Gasteiger partial charge in [-0.25, -0.2) is 0 Å². The van der Waals surface area contributed by atoms with Crippen LogP contribution in [0.4, 0.5) is 5.69 Å². The minimum Gasteiger partial charge on any atom is -0.454 e. The van der Waals surface area contributed by atoms with Gasteiger partial charge in [0, 0.05) is 23.2 Å². The van der Waals surface area contributed by atoms with E-state index in [-0.39, 0.29) is 0 Å². The van der Waals surface area contributed by atoms with Crippen LogP contribution >= 0.6 is 0 Å². The van der Waals surface area contributed by atoms with Gasteiger partial charge in [0.05, 0.1) is 0 Å². The highest BCUT2D eigenvalue weighted by Gasteiger charge is 2.16. The molecule has 0 radical (unpaired) electrons. The number of anilines is 1. The Morgan fingerprint density at radius 2 is 1.71 bits per heavy atom. The fourth-order valence-corrected chi connectivity index (χ4v) is 2.70. The fourth-order valence-electron chi connectivity index (χ4n) is 2.70. The Kier molecular flexibility index (Phi) is 2.89. The molecule has 1 heterocycles. The van der Waals surface area contributed by atoms with Crippen LogP contribution in [0.15, 0.2) is 60.7 Å². The minimum absolute atomic E-state index is 0.306. The van der Waals surface area contributed by atoms with Crippen LogP contribution in [-0.4, -0.2) is 6.79 Å². The van der Waals surface area contributed by atoms with Gasteiger partial charge >= 0.3 is 0 Å². The summed E-state index contributed by atoms with van der Waals surface area (Å²) in [6, 6.07) is 20.7. The molecule has 0 aliphatic carbocycles. The fraction of sp³-hybridized carbons (Fsp3) is 0.111. The van der Waals surface area contributed by atoms with Crippen LogP contribution in [0.25, 0.3) is 10.8 Å². The molecular formula is C18H15NO2. The molecule has 0 bridgehead atoms. The van der Waals surface area contributed by atoms with Crippen LogP contribution in [-0.2, 0) is 6.54 Å². The molecule has 0 unspecified atom stereocenters. The summed E-state index contributed by atoms with van der Waals surface area (Å²) in [6.45, 7) is 1.02. The first-order valence-electron chi connectivity index (χ1n) is 7.01. The molecule has 3 aromatic carbocycles. The lowest BCUT2D eigenvalue weighted by Gasteiger charge is -2.11. The predicted octanol–water partition coefficient (Wildman–Crippen LogP) is 4.18. The van der Waals surface area contributed by atoms with E-state index in [0.29, 0.717) is 13.3 Å². The van der Waals surface area contributed by atoms with Gasteiger partial charge in [-0.2, -0.15) is 0 Å². The molecule has 0 amide bonds. The van der Waals surface area contributed by atoms with E-state index in [1.54, 1.807) is 0 Å². The molecule has 1 aliphatic rings. The maximum atomic E-state index is 5.54. The second-order valence-electron chi connectivity index (χ2n) is 5.03. The zero-order valence-electron chi connectivity index (χ0n) is 11.5. The Hall–Kier alpha value is -2.68. The summed E-state index contributed by atoms with van der Waals surface area (Å²) in [7, 11) is 0. The van der Waals surface area contributed by atoms with Gasteiger partial charge < -0.3 is 14.8 Å². The Balaban J connectivity index is 1.63. The van der Waals surface area contributed by atoms with Crippen LogP contribution in [0, 0.1) is 0 Å². The van der Waals surface area contributed by atoms with E-state index in [4.69, 9.17) is 9.47 Å². The monoisotopic (exact) mass is 277 g/mol. The third kappa shape index (κ3) is 2.17. The van der Waals surface area contributed by atoms with E-state index in [0.717, 1.165) is 22.7 Å². The molecule has 1 aliphatic heterocycles. The Morgan fingerprint density at radius 1 is 0.857 bits per heavy atom. The van der Waals surface area contributed by atoms with Gasteiger partial charge in [0.2, 0.25) is 6.79 Å². The molecule has 3 heteroatoms. The van der Waals surface area contributed by atoms with Gasteiger partial charge in [0.1, 0.15) is 0 Å². The summed E-state index contributed by atoms with van der Waals surface area (Å²) in [5.74, 6) is 1.68. The summed E-state index contributed by atoms with van der Waals surface area (Å²) in [5.41, 5.74) is 2.24. The molecule has 3 nitrogen and oxygen atoms in total. The number of hydrogen-bond acceptors (Lipinski definition) is 3. The zero-order valence-corrected chi connectivity index (χ0v) is 11.5. The highest BCUT2D eigenvalue weighted by atomic mass is 16.7. The highest BCUT2D eigenvalue weighted by Crippen LogP contribution is 2.35. The number of fused-ring (bicyclic) bond motifs is 2. The third-order valence-electron chi connectivity index (χ3n) is 3.74. The first-order chi connectivity index (χ1) is 10.4. The van der Waals surface area contributed by atoms with Crippen molar-refractivity contribution in [1.82, 2.24) is 0 Å². The standard InChI is InChI=1S/C18H15NO2/c1-2-8-15-13(5-1)6-3-9-16(15)19-11-14-7-4-10-17-18(14)21-12-20-17/h1-10,19H,11-12H2. The molecule has 0 saturated heterocycles. The Morgan fingerprint density at radius 3 is 2.71 bits per heavy atom. The van der Waals surface area contributed by atoms with Gasteiger partial charge in [0.15, 0.2) is 11.5 Å². The minimum atomic E-state index is 0.306. The third-order valence-corrected chi connectivity index (χ3v) is 3.74. The van der Waals surface area contributed by atoms with Crippen molar-refractivity contribution in [3.05, 3.63) is 66.2 Å². The molecule has 1 N–H and O–H groups in total. The number of benzene rings is 3. The molecule has 21 heavy (non-hydrogen) atoms. The molecule has 0 saturated carbocycles. The molecular weight excluding hydrogens is 262 g/mol. The molecule has 0 atom stereocenters. The van der Waals surface area contributed by atoms with E-state index in [9.17, 15) is 0 Å². The predicted molar refractivity (Wildman–Crippen MR) is 83.8 cm³/mol. The first-order valence-corrected chi connectivity index (χ1v) is 7.01. The van der Waals surface area contributed by atoms with E-state index in [1.807, 2.05) is 12.1 Å². The van der Waals surface area contributed by atoms with Crippen molar-refractivity contribution in [3.63, 3.8) is 0 Å². The summed E-state index contributed by atoms with van der Waals surface area (Å²) in [6.07, 6.45) is 0. The number of rotatable bonds is 3. The van der Waals surface area contributed by atoms with Crippen molar-refractivity contribution in [1.29, 1.82) is 0 Å². The summed E-state index contributed by atoms with van der Waals surface area (Å²) >= 11 is 0.